The summed E-state index contributed by atoms with van der Waals surface area (Å²) in [6.07, 6.45) is 3.99. The normalized spacial score (nSPS) is 19.3. The third-order valence-electron chi connectivity index (χ3n) is 6.24. The second-order valence-corrected chi connectivity index (χ2v) is 10.5. The van der Waals surface area contributed by atoms with Crippen LogP contribution in [0.2, 0.25) is 0 Å². The molecule has 0 saturated carbocycles. The number of rotatable bonds is 7. The van der Waals surface area contributed by atoms with Crippen molar-refractivity contribution in [3.05, 3.63) is 29.3 Å². The van der Waals surface area contributed by atoms with Crippen LogP contribution in [0.15, 0.2) is 18.2 Å². The van der Waals surface area contributed by atoms with Gasteiger partial charge in [0.2, 0.25) is 11.8 Å². The minimum Gasteiger partial charge on any atom is -0.346 e. The molecule has 2 saturated heterocycles. The van der Waals surface area contributed by atoms with Gasteiger partial charge in [0.15, 0.2) is 0 Å². The van der Waals surface area contributed by atoms with Gasteiger partial charge in [-0.1, -0.05) is 25.0 Å². The second kappa shape index (κ2) is 11.2. The highest BCUT2D eigenvalue weighted by Crippen LogP contribution is 2.18. The molecule has 178 valence electrons. The van der Waals surface area contributed by atoms with Crippen LogP contribution in [0.1, 0.15) is 36.8 Å². The number of piperazine rings is 1. The van der Waals surface area contributed by atoms with Crippen LogP contribution in [0.25, 0.3) is 0 Å². The van der Waals surface area contributed by atoms with Gasteiger partial charge in [0.1, 0.15) is 0 Å². The van der Waals surface area contributed by atoms with Crippen LogP contribution in [-0.2, 0) is 19.8 Å². The Morgan fingerprint density at radius 2 is 1.50 bits per heavy atom. The molecule has 3 rings (SSSR count). The van der Waals surface area contributed by atoms with E-state index in [2.05, 4.69) is 10.6 Å². The van der Waals surface area contributed by atoms with Gasteiger partial charge < -0.3 is 10.6 Å². The second-order valence-electron chi connectivity index (χ2n) is 8.57. The van der Waals surface area contributed by atoms with Crippen LogP contribution in [0.3, 0.4) is 0 Å². The quantitative estimate of drug-likeness (QED) is 0.628. The van der Waals surface area contributed by atoms with Gasteiger partial charge >= 0.3 is 0 Å². The molecule has 32 heavy (non-hydrogen) atoms. The molecule has 2 N–H and O–H groups in total. The molecule has 0 atom stereocenters. The number of carbonyl (C=O) groups is 2. The first kappa shape index (κ1) is 24.6. The molecule has 0 bridgehead atoms. The molecular weight excluding hydrogens is 430 g/mol. The van der Waals surface area contributed by atoms with Crippen molar-refractivity contribution >= 4 is 27.7 Å². The van der Waals surface area contributed by atoms with Crippen LogP contribution >= 0.6 is 0 Å². The van der Waals surface area contributed by atoms with E-state index in [4.69, 9.17) is 0 Å². The third kappa shape index (κ3) is 6.50. The maximum atomic E-state index is 12.9. The van der Waals surface area contributed by atoms with Gasteiger partial charge in [-0.3, -0.25) is 14.5 Å². The van der Waals surface area contributed by atoms with E-state index in [9.17, 15) is 18.0 Å². The zero-order valence-corrected chi connectivity index (χ0v) is 19.9. The van der Waals surface area contributed by atoms with Gasteiger partial charge in [-0.25, -0.2) is 0 Å². The van der Waals surface area contributed by atoms with E-state index in [0.29, 0.717) is 39.3 Å². The summed E-state index contributed by atoms with van der Waals surface area (Å²) in [5.41, 5.74) is 2.83. The lowest BCUT2D eigenvalue weighted by Crippen LogP contribution is -2.54. The summed E-state index contributed by atoms with van der Waals surface area (Å²) in [4.78, 5) is 26.4. The van der Waals surface area contributed by atoms with Gasteiger partial charge in [0.05, 0.1) is 13.1 Å². The standard InChI is InChI=1S/C22H35N5O4S/c1-18-8-7-9-20(19(18)2)24-21(28)16-23-22(29)17-25-12-14-27(15-13-25)32(30,31)26-10-5-3-4-6-11-26/h7-9H,3-6,10-17H2,1-2H3,(H,23,29)(H,24,28). The Labute approximate surface area is 191 Å². The predicted octanol–water partition coefficient (Wildman–Crippen LogP) is 1.10. The van der Waals surface area contributed by atoms with Crippen molar-refractivity contribution in [3.63, 3.8) is 0 Å². The Hall–Kier alpha value is -2.01. The molecule has 0 spiro atoms. The molecule has 2 heterocycles. The highest BCUT2D eigenvalue weighted by atomic mass is 32.2. The molecule has 2 aliphatic rings. The average Bonchev–Trinajstić information content (AvgIpc) is 3.06. The number of hydrogen-bond acceptors (Lipinski definition) is 5. The monoisotopic (exact) mass is 465 g/mol. The molecule has 2 amide bonds. The number of anilines is 1. The van der Waals surface area contributed by atoms with Crippen molar-refractivity contribution in [2.75, 3.05) is 57.7 Å². The number of aryl methyl sites for hydroxylation is 1. The fourth-order valence-electron chi connectivity index (χ4n) is 4.07. The van der Waals surface area contributed by atoms with E-state index >= 15 is 0 Å². The number of carbonyl (C=O) groups excluding carboxylic acids is 2. The molecular formula is C22H35N5O4S. The SMILES string of the molecule is Cc1cccc(NC(=O)CNC(=O)CN2CCN(S(=O)(=O)N3CCCCCC3)CC2)c1C. The van der Waals surface area contributed by atoms with Crippen LogP contribution in [0, 0.1) is 13.8 Å². The number of amides is 2. The molecule has 9 nitrogen and oxygen atoms in total. The van der Waals surface area contributed by atoms with Crippen LogP contribution in [-0.4, -0.2) is 86.1 Å². The first-order valence-electron chi connectivity index (χ1n) is 11.4. The fraction of sp³-hybridized carbons (Fsp3) is 0.636. The largest absolute Gasteiger partial charge is 0.346 e. The summed E-state index contributed by atoms with van der Waals surface area (Å²) in [5.74, 6) is -0.523. The summed E-state index contributed by atoms with van der Waals surface area (Å²) in [7, 11) is -3.43. The van der Waals surface area contributed by atoms with Crippen molar-refractivity contribution in [1.29, 1.82) is 0 Å². The van der Waals surface area contributed by atoms with Crippen molar-refractivity contribution in [2.45, 2.75) is 39.5 Å². The Balaban J connectivity index is 1.40. The van der Waals surface area contributed by atoms with E-state index in [0.717, 1.165) is 42.5 Å². The first-order chi connectivity index (χ1) is 15.3. The summed E-state index contributed by atoms with van der Waals surface area (Å²) in [6, 6.07) is 5.69. The minimum absolute atomic E-state index is 0.102. The molecule has 0 radical (unpaired) electrons. The highest BCUT2D eigenvalue weighted by Gasteiger charge is 2.32. The molecule has 0 aliphatic carbocycles. The van der Waals surface area contributed by atoms with Gasteiger partial charge in [-0.2, -0.15) is 17.0 Å². The van der Waals surface area contributed by atoms with E-state index in [1.54, 1.807) is 4.31 Å². The van der Waals surface area contributed by atoms with E-state index in [-0.39, 0.29) is 24.9 Å². The first-order valence-corrected chi connectivity index (χ1v) is 12.8. The summed E-state index contributed by atoms with van der Waals surface area (Å²) in [5, 5.41) is 5.47. The molecule has 1 aromatic carbocycles. The van der Waals surface area contributed by atoms with E-state index in [1.807, 2.05) is 36.9 Å². The average molecular weight is 466 g/mol. The van der Waals surface area contributed by atoms with Gasteiger partial charge in [-0.05, 0) is 43.9 Å². The van der Waals surface area contributed by atoms with Crippen molar-refractivity contribution in [2.24, 2.45) is 0 Å². The topological polar surface area (TPSA) is 102 Å². The van der Waals surface area contributed by atoms with Gasteiger partial charge in [0.25, 0.3) is 10.2 Å². The Kier molecular flexibility index (Phi) is 8.64. The lowest BCUT2D eigenvalue weighted by Gasteiger charge is -2.36. The zero-order valence-electron chi connectivity index (χ0n) is 19.1. The summed E-state index contributed by atoms with van der Waals surface area (Å²) < 4.78 is 28.9. The Morgan fingerprint density at radius 1 is 0.875 bits per heavy atom. The fourth-order valence-corrected chi connectivity index (χ4v) is 5.74. The maximum absolute atomic E-state index is 12.9. The molecule has 1 aromatic rings. The molecule has 10 heteroatoms. The maximum Gasteiger partial charge on any atom is 0.282 e. The lowest BCUT2D eigenvalue weighted by molar-refractivity contribution is -0.125. The van der Waals surface area contributed by atoms with Gasteiger partial charge in [0, 0.05) is 45.0 Å². The van der Waals surface area contributed by atoms with Crippen LogP contribution in [0.4, 0.5) is 5.69 Å². The number of nitrogens with one attached hydrogen (secondary N) is 2. The molecule has 0 unspecified atom stereocenters. The van der Waals surface area contributed by atoms with Crippen molar-refractivity contribution in [3.8, 4) is 0 Å². The summed E-state index contributed by atoms with van der Waals surface area (Å²) >= 11 is 0. The van der Waals surface area contributed by atoms with Crippen molar-refractivity contribution in [1.82, 2.24) is 18.8 Å². The van der Waals surface area contributed by atoms with Crippen LogP contribution in [0.5, 0.6) is 0 Å². The van der Waals surface area contributed by atoms with E-state index < -0.39 is 10.2 Å². The molecule has 0 aromatic heterocycles. The van der Waals surface area contributed by atoms with Crippen LogP contribution < -0.4 is 10.6 Å². The minimum atomic E-state index is -3.43. The number of nitrogens with zero attached hydrogens (tertiary/aromatic N) is 3. The number of hydrogen-bond donors (Lipinski definition) is 2. The predicted molar refractivity (Wildman–Crippen MR) is 125 cm³/mol. The Morgan fingerprint density at radius 3 is 2.16 bits per heavy atom. The number of benzene rings is 1. The van der Waals surface area contributed by atoms with E-state index in [1.165, 1.54) is 4.31 Å². The smallest absolute Gasteiger partial charge is 0.282 e. The third-order valence-corrected chi connectivity index (χ3v) is 8.28. The highest BCUT2D eigenvalue weighted by molar-refractivity contribution is 7.86. The summed E-state index contributed by atoms with van der Waals surface area (Å²) in [6.45, 7) is 6.89. The zero-order chi connectivity index (χ0) is 23.1. The Bertz CT molecular complexity index is 905. The lowest BCUT2D eigenvalue weighted by atomic mass is 10.1. The van der Waals surface area contributed by atoms with Crippen molar-refractivity contribution < 1.29 is 18.0 Å². The molecule has 2 fully saturated rings. The van der Waals surface area contributed by atoms with Gasteiger partial charge in [-0.15, -0.1) is 0 Å². The molecule has 2 aliphatic heterocycles.